The standard InChI is InChI=1S/C26H26N6O2S/c1-3-14-32(15-4-2)20-11-13-22(21(17-20)25(33)34)30-31-26-27-23-12-10-19(16-24(23)35-26)29-28-18-8-6-5-7-9-18/h5-13,16-17H,3-4,14-15H2,1-2H3,(H,33,34). The zero-order valence-corrected chi connectivity index (χ0v) is 20.4. The molecule has 0 aliphatic rings. The van der Waals surface area contributed by atoms with Crippen molar-refractivity contribution in [3.63, 3.8) is 0 Å². The van der Waals surface area contributed by atoms with Crippen molar-refractivity contribution in [1.82, 2.24) is 4.98 Å². The van der Waals surface area contributed by atoms with Gasteiger partial charge in [-0.2, -0.15) is 10.2 Å². The molecule has 0 saturated carbocycles. The number of carboxylic acid groups (broad SMARTS) is 1. The lowest BCUT2D eigenvalue weighted by atomic mass is 10.1. The first kappa shape index (κ1) is 24.2. The number of aromatic carboxylic acids is 1. The van der Waals surface area contributed by atoms with Crippen LogP contribution in [0.1, 0.15) is 37.0 Å². The van der Waals surface area contributed by atoms with E-state index in [1.807, 2.05) is 54.6 Å². The number of thiazole rings is 1. The fourth-order valence-corrected chi connectivity index (χ4v) is 4.42. The quantitative estimate of drug-likeness (QED) is 0.227. The van der Waals surface area contributed by atoms with Crippen molar-refractivity contribution in [2.45, 2.75) is 26.7 Å². The molecule has 4 rings (SSSR count). The molecule has 0 aliphatic carbocycles. The van der Waals surface area contributed by atoms with Crippen LogP contribution in [0, 0.1) is 0 Å². The molecule has 178 valence electrons. The van der Waals surface area contributed by atoms with Crippen LogP contribution >= 0.6 is 11.3 Å². The Labute approximate surface area is 207 Å². The van der Waals surface area contributed by atoms with Gasteiger partial charge in [0.05, 0.1) is 27.2 Å². The first-order valence-electron chi connectivity index (χ1n) is 11.5. The molecule has 0 spiro atoms. The highest BCUT2D eigenvalue weighted by Crippen LogP contribution is 2.33. The van der Waals surface area contributed by atoms with Crippen LogP contribution in [0.15, 0.2) is 87.2 Å². The molecule has 1 N–H and O–H groups in total. The summed E-state index contributed by atoms with van der Waals surface area (Å²) in [4.78, 5) is 18.6. The average Bonchev–Trinajstić information content (AvgIpc) is 3.29. The largest absolute Gasteiger partial charge is 0.478 e. The number of carboxylic acids is 1. The number of azo groups is 2. The molecule has 0 amide bonds. The molecule has 9 heteroatoms. The van der Waals surface area contributed by atoms with Crippen molar-refractivity contribution in [2.75, 3.05) is 18.0 Å². The number of carbonyl (C=O) groups is 1. The lowest BCUT2D eigenvalue weighted by Gasteiger charge is -2.24. The van der Waals surface area contributed by atoms with Crippen molar-refractivity contribution in [3.8, 4) is 0 Å². The topological polar surface area (TPSA) is 103 Å². The SMILES string of the molecule is CCCN(CCC)c1ccc(N=Nc2nc3ccc(N=Nc4ccccc4)cc3s2)c(C(=O)O)c1. The van der Waals surface area contributed by atoms with Gasteiger partial charge in [0.15, 0.2) is 0 Å². The first-order valence-corrected chi connectivity index (χ1v) is 12.3. The van der Waals surface area contributed by atoms with Gasteiger partial charge in [0.25, 0.3) is 0 Å². The van der Waals surface area contributed by atoms with Gasteiger partial charge >= 0.3 is 5.97 Å². The third-order valence-electron chi connectivity index (χ3n) is 5.20. The van der Waals surface area contributed by atoms with Crippen LogP contribution in [-0.2, 0) is 0 Å². The van der Waals surface area contributed by atoms with E-state index in [4.69, 9.17) is 0 Å². The summed E-state index contributed by atoms with van der Waals surface area (Å²) >= 11 is 1.36. The van der Waals surface area contributed by atoms with E-state index in [1.165, 1.54) is 11.3 Å². The molecule has 35 heavy (non-hydrogen) atoms. The molecule has 1 heterocycles. The van der Waals surface area contributed by atoms with Gasteiger partial charge in [0, 0.05) is 18.8 Å². The van der Waals surface area contributed by atoms with Gasteiger partial charge in [0.2, 0.25) is 5.13 Å². The number of nitrogens with zero attached hydrogens (tertiary/aromatic N) is 6. The minimum Gasteiger partial charge on any atom is -0.478 e. The van der Waals surface area contributed by atoms with Crippen LogP contribution in [0.2, 0.25) is 0 Å². The molecule has 0 atom stereocenters. The van der Waals surface area contributed by atoms with Gasteiger partial charge in [0.1, 0.15) is 5.69 Å². The van der Waals surface area contributed by atoms with Crippen LogP contribution in [0.3, 0.4) is 0 Å². The lowest BCUT2D eigenvalue weighted by molar-refractivity contribution is 0.0697. The molecule has 1 aromatic heterocycles. The van der Waals surface area contributed by atoms with E-state index in [9.17, 15) is 9.90 Å². The smallest absolute Gasteiger partial charge is 0.338 e. The summed E-state index contributed by atoms with van der Waals surface area (Å²) in [6.45, 7) is 5.95. The Morgan fingerprint density at radius 2 is 1.63 bits per heavy atom. The number of benzene rings is 3. The summed E-state index contributed by atoms with van der Waals surface area (Å²) in [5.41, 5.74) is 3.55. The summed E-state index contributed by atoms with van der Waals surface area (Å²) in [5, 5.41) is 27.2. The van der Waals surface area contributed by atoms with Crippen molar-refractivity contribution in [3.05, 3.63) is 72.3 Å². The molecule has 0 saturated heterocycles. The second kappa shape index (κ2) is 11.4. The van der Waals surface area contributed by atoms with Gasteiger partial charge in [-0.3, -0.25) is 0 Å². The van der Waals surface area contributed by atoms with Crippen molar-refractivity contribution < 1.29 is 9.90 Å². The predicted molar refractivity (Wildman–Crippen MR) is 141 cm³/mol. The fraction of sp³-hybridized carbons (Fsp3) is 0.231. The zero-order chi connectivity index (χ0) is 24.6. The number of rotatable bonds is 10. The van der Waals surface area contributed by atoms with Crippen LogP contribution in [0.25, 0.3) is 10.2 Å². The summed E-state index contributed by atoms with van der Waals surface area (Å²) < 4.78 is 0.895. The van der Waals surface area contributed by atoms with Crippen LogP contribution in [-0.4, -0.2) is 29.1 Å². The van der Waals surface area contributed by atoms with E-state index in [0.29, 0.717) is 16.5 Å². The number of anilines is 1. The molecular weight excluding hydrogens is 460 g/mol. The van der Waals surface area contributed by atoms with Crippen molar-refractivity contribution in [1.29, 1.82) is 0 Å². The van der Waals surface area contributed by atoms with E-state index in [0.717, 1.165) is 47.5 Å². The van der Waals surface area contributed by atoms with Gasteiger partial charge in [-0.05, 0) is 61.4 Å². The Morgan fingerprint density at radius 3 is 2.34 bits per heavy atom. The van der Waals surface area contributed by atoms with E-state index < -0.39 is 5.97 Å². The van der Waals surface area contributed by atoms with Crippen molar-refractivity contribution >= 4 is 55.4 Å². The molecule has 0 aliphatic heterocycles. The second-order valence-electron chi connectivity index (χ2n) is 7.88. The number of aromatic nitrogens is 1. The Bertz CT molecular complexity index is 1360. The maximum absolute atomic E-state index is 11.9. The minimum atomic E-state index is -1.04. The summed E-state index contributed by atoms with van der Waals surface area (Å²) in [6.07, 6.45) is 1.97. The zero-order valence-electron chi connectivity index (χ0n) is 19.6. The van der Waals surface area contributed by atoms with Gasteiger partial charge in [-0.15, -0.1) is 10.2 Å². The number of fused-ring (bicyclic) bond motifs is 1. The number of hydrogen-bond donors (Lipinski definition) is 1. The van der Waals surface area contributed by atoms with E-state index in [1.54, 1.807) is 12.1 Å². The molecule has 0 fully saturated rings. The second-order valence-corrected chi connectivity index (χ2v) is 8.89. The van der Waals surface area contributed by atoms with Gasteiger partial charge < -0.3 is 10.0 Å². The van der Waals surface area contributed by atoms with Crippen LogP contribution in [0.4, 0.5) is 27.9 Å². The van der Waals surface area contributed by atoms with E-state index in [2.05, 4.69) is 44.2 Å². The van der Waals surface area contributed by atoms with E-state index in [-0.39, 0.29) is 5.56 Å². The molecular formula is C26H26N6O2S. The predicted octanol–water partition coefficient (Wildman–Crippen LogP) is 8.45. The highest BCUT2D eigenvalue weighted by Gasteiger charge is 2.14. The van der Waals surface area contributed by atoms with Gasteiger partial charge in [-0.1, -0.05) is 43.4 Å². The molecule has 3 aromatic carbocycles. The molecule has 8 nitrogen and oxygen atoms in total. The monoisotopic (exact) mass is 486 g/mol. The third kappa shape index (κ3) is 6.13. The Hall–Kier alpha value is -3.98. The summed E-state index contributed by atoms with van der Waals surface area (Å²) in [7, 11) is 0. The average molecular weight is 487 g/mol. The summed E-state index contributed by atoms with van der Waals surface area (Å²) in [5.74, 6) is -1.04. The minimum absolute atomic E-state index is 0.119. The molecule has 0 unspecified atom stereocenters. The van der Waals surface area contributed by atoms with E-state index >= 15 is 0 Å². The maximum atomic E-state index is 11.9. The maximum Gasteiger partial charge on any atom is 0.338 e. The fourth-order valence-electron chi connectivity index (χ4n) is 3.60. The molecule has 0 radical (unpaired) electrons. The Morgan fingerprint density at radius 1 is 0.886 bits per heavy atom. The Balaban J connectivity index is 1.56. The summed E-state index contributed by atoms with van der Waals surface area (Å²) in [6, 6.07) is 20.4. The van der Waals surface area contributed by atoms with Crippen LogP contribution < -0.4 is 4.90 Å². The van der Waals surface area contributed by atoms with Crippen LogP contribution in [0.5, 0.6) is 0 Å². The molecule has 0 bridgehead atoms. The van der Waals surface area contributed by atoms with Gasteiger partial charge in [-0.25, -0.2) is 9.78 Å². The third-order valence-corrected chi connectivity index (χ3v) is 6.11. The molecule has 4 aromatic rings. The first-order chi connectivity index (χ1) is 17.1. The normalized spacial score (nSPS) is 11.6. The number of hydrogen-bond acceptors (Lipinski definition) is 8. The lowest BCUT2D eigenvalue weighted by Crippen LogP contribution is -2.25. The highest BCUT2D eigenvalue weighted by molar-refractivity contribution is 7.21. The van der Waals surface area contributed by atoms with Crippen molar-refractivity contribution in [2.24, 2.45) is 20.5 Å². The highest BCUT2D eigenvalue weighted by atomic mass is 32.1. The Kier molecular flexibility index (Phi) is 7.89.